The first-order valence-corrected chi connectivity index (χ1v) is 9.29. The minimum Gasteiger partial charge on any atom is -0.304 e. The van der Waals surface area contributed by atoms with Crippen LogP contribution in [0.3, 0.4) is 0 Å². The molecule has 2 N–H and O–H groups in total. The van der Waals surface area contributed by atoms with Crippen LogP contribution in [-0.2, 0) is 6.54 Å². The summed E-state index contributed by atoms with van der Waals surface area (Å²) < 4.78 is 68.5. The Balaban J connectivity index is 1.49. The fraction of sp³-hybridized carbons (Fsp3) is 0.0500. The summed E-state index contributed by atoms with van der Waals surface area (Å²) in [4.78, 5) is 12.4. The number of aromatic nitrogens is 4. The lowest BCUT2D eigenvalue weighted by atomic mass is 10.1. The van der Waals surface area contributed by atoms with Gasteiger partial charge in [0.2, 0.25) is 5.82 Å². The quantitative estimate of drug-likeness (QED) is 0.248. The highest BCUT2D eigenvalue weighted by Crippen LogP contribution is 2.24. The SMILES string of the molecule is O=C(Nc1ccn(Cc2c(F)c(F)c(F)c(F)c2F)n1)c1cc(-c2ccc(Cl)cc2)n[nH]1. The van der Waals surface area contributed by atoms with Gasteiger partial charge in [-0.1, -0.05) is 23.7 Å². The molecule has 6 nitrogen and oxygen atoms in total. The molecule has 0 atom stereocenters. The summed E-state index contributed by atoms with van der Waals surface area (Å²) in [6.07, 6.45) is 1.21. The predicted octanol–water partition coefficient (Wildman–Crippen LogP) is 4.92. The molecule has 0 spiro atoms. The highest BCUT2D eigenvalue weighted by atomic mass is 35.5. The lowest BCUT2D eigenvalue weighted by Crippen LogP contribution is -2.14. The van der Waals surface area contributed by atoms with Crippen molar-refractivity contribution in [1.29, 1.82) is 0 Å². The maximum atomic E-state index is 13.8. The Morgan fingerprint density at radius 3 is 2.25 bits per heavy atom. The van der Waals surface area contributed by atoms with Crippen molar-refractivity contribution in [2.45, 2.75) is 6.54 Å². The van der Waals surface area contributed by atoms with E-state index in [2.05, 4.69) is 20.6 Å². The Kier molecular flexibility index (Phi) is 5.66. The van der Waals surface area contributed by atoms with Gasteiger partial charge in [-0.2, -0.15) is 10.2 Å². The molecule has 0 bridgehead atoms. The number of benzene rings is 2. The van der Waals surface area contributed by atoms with Crippen LogP contribution < -0.4 is 5.32 Å². The Morgan fingerprint density at radius 2 is 1.59 bits per heavy atom. The van der Waals surface area contributed by atoms with Gasteiger partial charge in [-0.3, -0.25) is 14.6 Å². The van der Waals surface area contributed by atoms with Crippen LogP contribution in [0, 0.1) is 29.1 Å². The minimum absolute atomic E-state index is 0.0125. The molecule has 0 aliphatic rings. The fourth-order valence-electron chi connectivity index (χ4n) is 2.86. The molecular formula is C20H11ClF5N5O. The molecule has 0 saturated carbocycles. The third-order valence-corrected chi connectivity index (χ3v) is 4.72. The van der Waals surface area contributed by atoms with Gasteiger partial charge in [0, 0.05) is 22.8 Å². The van der Waals surface area contributed by atoms with Gasteiger partial charge in [-0.15, -0.1) is 0 Å². The number of carbonyl (C=O) groups excluding carboxylic acids is 1. The van der Waals surface area contributed by atoms with Crippen molar-refractivity contribution in [3.8, 4) is 11.3 Å². The second-order valence-electron chi connectivity index (χ2n) is 6.57. The van der Waals surface area contributed by atoms with Crippen molar-refractivity contribution >= 4 is 23.3 Å². The first-order valence-electron chi connectivity index (χ1n) is 8.91. The zero-order valence-corrected chi connectivity index (χ0v) is 16.5. The third kappa shape index (κ3) is 4.06. The molecule has 2 aromatic heterocycles. The molecule has 164 valence electrons. The highest BCUT2D eigenvalue weighted by Gasteiger charge is 2.26. The zero-order chi connectivity index (χ0) is 23.0. The van der Waals surface area contributed by atoms with Crippen LogP contribution in [0.25, 0.3) is 11.3 Å². The molecule has 2 aromatic carbocycles. The lowest BCUT2D eigenvalue weighted by Gasteiger charge is -2.08. The number of aromatic amines is 1. The number of amides is 1. The molecule has 32 heavy (non-hydrogen) atoms. The summed E-state index contributed by atoms with van der Waals surface area (Å²) in [5.41, 5.74) is 0.258. The summed E-state index contributed by atoms with van der Waals surface area (Å²) in [6, 6.07) is 9.57. The van der Waals surface area contributed by atoms with E-state index in [1.54, 1.807) is 24.3 Å². The standard InChI is InChI=1S/C20H11ClF5N5O/c21-10-3-1-9(2-4-10)12-7-13(29-28-12)20(32)27-14-5-6-31(30-14)8-11-15(22)17(24)19(26)18(25)16(11)23/h1-7H,8H2,(H,28,29)(H,27,30,32). The molecule has 2 heterocycles. The number of hydrogen-bond donors (Lipinski definition) is 2. The number of H-pyrrole nitrogens is 1. The number of anilines is 1. The van der Waals surface area contributed by atoms with Crippen molar-refractivity contribution in [1.82, 2.24) is 20.0 Å². The number of nitrogens with zero attached hydrogens (tertiary/aromatic N) is 3. The van der Waals surface area contributed by atoms with Crippen molar-refractivity contribution in [3.63, 3.8) is 0 Å². The zero-order valence-electron chi connectivity index (χ0n) is 15.8. The van der Waals surface area contributed by atoms with Crippen molar-refractivity contribution in [3.05, 3.63) is 88.0 Å². The predicted molar refractivity (Wildman–Crippen MR) is 105 cm³/mol. The second kappa shape index (κ2) is 8.42. The molecule has 4 rings (SSSR count). The monoisotopic (exact) mass is 467 g/mol. The van der Waals surface area contributed by atoms with Gasteiger partial charge in [-0.05, 0) is 18.2 Å². The first-order chi connectivity index (χ1) is 15.2. The van der Waals surface area contributed by atoms with Gasteiger partial charge in [0.05, 0.1) is 17.8 Å². The van der Waals surface area contributed by atoms with Crippen molar-refractivity contribution < 1.29 is 26.7 Å². The van der Waals surface area contributed by atoms with Crippen LogP contribution in [0.5, 0.6) is 0 Å². The molecular weight excluding hydrogens is 457 g/mol. The van der Waals surface area contributed by atoms with Gasteiger partial charge in [-0.25, -0.2) is 22.0 Å². The number of rotatable bonds is 5. The Morgan fingerprint density at radius 1 is 0.969 bits per heavy atom. The fourth-order valence-corrected chi connectivity index (χ4v) is 2.98. The smallest absolute Gasteiger partial charge is 0.274 e. The summed E-state index contributed by atoms with van der Waals surface area (Å²) in [6.45, 7) is -0.744. The van der Waals surface area contributed by atoms with E-state index in [4.69, 9.17) is 11.6 Å². The molecule has 0 saturated heterocycles. The number of hydrogen-bond acceptors (Lipinski definition) is 3. The summed E-state index contributed by atoms with van der Waals surface area (Å²) in [5, 5.41) is 13.5. The molecule has 12 heteroatoms. The van der Waals surface area contributed by atoms with Gasteiger partial charge in [0.25, 0.3) is 5.91 Å². The molecule has 0 radical (unpaired) electrons. The van der Waals surface area contributed by atoms with Crippen LogP contribution in [0.4, 0.5) is 27.8 Å². The lowest BCUT2D eigenvalue weighted by molar-refractivity contribution is 0.102. The molecule has 0 fully saturated rings. The van der Waals surface area contributed by atoms with E-state index in [0.717, 1.165) is 10.2 Å². The van der Waals surface area contributed by atoms with Crippen LogP contribution in [-0.4, -0.2) is 25.9 Å². The largest absolute Gasteiger partial charge is 0.304 e. The van der Waals surface area contributed by atoms with E-state index >= 15 is 0 Å². The molecule has 0 unspecified atom stereocenters. The highest BCUT2D eigenvalue weighted by molar-refractivity contribution is 6.30. The molecule has 1 amide bonds. The van der Waals surface area contributed by atoms with E-state index in [9.17, 15) is 26.7 Å². The first kappa shape index (κ1) is 21.5. The van der Waals surface area contributed by atoms with Crippen molar-refractivity contribution in [2.75, 3.05) is 5.32 Å². The second-order valence-corrected chi connectivity index (χ2v) is 7.01. The van der Waals surface area contributed by atoms with E-state index in [1.807, 2.05) is 0 Å². The van der Waals surface area contributed by atoms with E-state index < -0.39 is 47.1 Å². The van der Waals surface area contributed by atoms with Gasteiger partial charge in [0.15, 0.2) is 29.1 Å². The normalized spacial score (nSPS) is 11.1. The van der Waals surface area contributed by atoms with E-state index in [-0.39, 0.29) is 11.5 Å². The number of nitrogens with one attached hydrogen (secondary N) is 2. The van der Waals surface area contributed by atoms with Crippen LogP contribution >= 0.6 is 11.6 Å². The Bertz CT molecular complexity index is 1290. The van der Waals surface area contributed by atoms with Crippen molar-refractivity contribution in [2.24, 2.45) is 0 Å². The third-order valence-electron chi connectivity index (χ3n) is 4.47. The number of halogens is 6. The molecule has 0 aliphatic carbocycles. The van der Waals surface area contributed by atoms with Crippen LogP contribution in [0.1, 0.15) is 16.1 Å². The summed E-state index contributed by atoms with van der Waals surface area (Å²) in [7, 11) is 0. The Hall–Kier alpha value is -3.73. The number of carbonyl (C=O) groups is 1. The van der Waals surface area contributed by atoms with Gasteiger partial charge < -0.3 is 5.32 Å². The van der Waals surface area contributed by atoms with Crippen LogP contribution in [0.15, 0.2) is 42.6 Å². The maximum Gasteiger partial charge on any atom is 0.274 e. The molecule has 4 aromatic rings. The minimum atomic E-state index is -2.24. The van der Waals surface area contributed by atoms with E-state index in [0.29, 0.717) is 10.7 Å². The average molecular weight is 468 g/mol. The topological polar surface area (TPSA) is 75.6 Å². The van der Waals surface area contributed by atoms with Gasteiger partial charge >= 0.3 is 0 Å². The van der Waals surface area contributed by atoms with E-state index in [1.165, 1.54) is 18.3 Å². The summed E-state index contributed by atoms with van der Waals surface area (Å²) >= 11 is 5.84. The van der Waals surface area contributed by atoms with Gasteiger partial charge in [0.1, 0.15) is 5.69 Å². The Labute approximate surface area is 181 Å². The summed E-state index contributed by atoms with van der Waals surface area (Å²) in [5.74, 6) is -10.9. The maximum absolute atomic E-state index is 13.8. The molecule has 0 aliphatic heterocycles. The van der Waals surface area contributed by atoms with Crippen LogP contribution in [0.2, 0.25) is 5.02 Å². The average Bonchev–Trinajstić information content (AvgIpc) is 3.44.